The average Bonchev–Trinajstić information content (AvgIpc) is 2.79. The summed E-state index contributed by atoms with van der Waals surface area (Å²) in [5.41, 5.74) is 8.30. The van der Waals surface area contributed by atoms with Gasteiger partial charge in [0, 0.05) is 19.1 Å². The summed E-state index contributed by atoms with van der Waals surface area (Å²) in [6.07, 6.45) is 2.76. The number of benzene rings is 2. The fourth-order valence-corrected chi connectivity index (χ4v) is 6.11. The Morgan fingerprint density at radius 1 is 1.03 bits per heavy atom. The molecular weight excluding hydrogens is 493 g/mol. The molecule has 9 heteroatoms. The van der Waals surface area contributed by atoms with Crippen molar-refractivity contribution in [2.24, 2.45) is 5.73 Å². The summed E-state index contributed by atoms with van der Waals surface area (Å²) in [7, 11) is -3.63. The Morgan fingerprint density at radius 3 is 2.15 bits per heavy atom. The molecule has 3 rings (SSSR count). The number of nitrogens with two attached hydrogens (primary N) is 1. The van der Waals surface area contributed by atoms with Gasteiger partial charge in [-0.25, -0.2) is 12.7 Å². The van der Waals surface area contributed by atoms with Crippen molar-refractivity contribution in [1.82, 2.24) is 9.21 Å². The maximum absolute atomic E-state index is 13.1. The minimum absolute atomic E-state index is 0. The third-order valence-corrected chi connectivity index (χ3v) is 8.10. The molecule has 2 N–H and O–H groups in total. The highest BCUT2D eigenvalue weighted by Gasteiger charge is 2.35. The molecule has 0 aliphatic carbocycles. The van der Waals surface area contributed by atoms with Gasteiger partial charge in [0.2, 0.25) is 15.9 Å². The van der Waals surface area contributed by atoms with Gasteiger partial charge in [0.05, 0.1) is 18.2 Å². The third kappa shape index (κ3) is 8.54. The maximum Gasteiger partial charge on any atom is 0.240 e. The molecule has 6 nitrogen and oxygen atoms in total. The molecule has 1 aliphatic rings. The van der Waals surface area contributed by atoms with Crippen molar-refractivity contribution in [1.29, 1.82) is 0 Å². The van der Waals surface area contributed by atoms with E-state index in [1.807, 2.05) is 67.6 Å². The first-order valence-corrected chi connectivity index (χ1v) is 13.1. The van der Waals surface area contributed by atoms with Gasteiger partial charge < -0.3 is 10.6 Å². The second kappa shape index (κ2) is 14.7. The van der Waals surface area contributed by atoms with E-state index in [2.05, 4.69) is 4.90 Å². The molecule has 2 aromatic carbocycles. The molecule has 0 unspecified atom stereocenters. The van der Waals surface area contributed by atoms with Gasteiger partial charge in [-0.15, -0.1) is 24.8 Å². The molecule has 0 saturated carbocycles. The minimum atomic E-state index is -3.63. The fourth-order valence-electron chi connectivity index (χ4n) is 4.36. The largest absolute Gasteiger partial charge is 0.324 e. The highest BCUT2D eigenvalue weighted by atomic mass is 35.5. The van der Waals surface area contributed by atoms with Crippen LogP contribution in [0, 0.1) is 0 Å². The molecule has 0 bridgehead atoms. The summed E-state index contributed by atoms with van der Waals surface area (Å²) < 4.78 is 27.2. The van der Waals surface area contributed by atoms with Gasteiger partial charge in [-0.3, -0.25) is 4.79 Å². The lowest BCUT2D eigenvalue weighted by Crippen LogP contribution is -2.51. The number of sulfonamides is 1. The summed E-state index contributed by atoms with van der Waals surface area (Å²) in [4.78, 5) is 15.4. The van der Waals surface area contributed by atoms with Gasteiger partial charge >= 0.3 is 0 Å². The summed E-state index contributed by atoms with van der Waals surface area (Å²) in [5.74, 6) is -0.325. The number of nitrogens with zero attached hydrogens (tertiary/aromatic N) is 2. The summed E-state index contributed by atoms with van der Waals surface area (Å²) >= 11 is 0. The molecule has 190 valence electrons. The average molecular weight is 531 g/mol. The monoisotopic (exact) mass is 529 g/mol. The van der Waals surface area contributed by atoms with Gasteiger partial charge in [0.15, 0.2) is 0 Å². The zero-order chi connectivity index (χ0) is 23.0. The Balaban J connectivity index is 0.00000289. The van der Waals surface area contributed by atoms with Crippen molar-refractivity contribution >= 4 is 40.7 Å². The number of piperidine rings is 1. The number of hydrogen-bond donors (Lipinski definition) is 1. The Labute approximate surface area is 216 Å². The fraction of sp³-hybridized carbons (Fsp3) is 0.480. The normalized spacial score (nSPS) is 15.6. The first kappa shape index (κ1) is 30.4. The van der Waals surface area contributed by atoms with E-state index in [-0.39, 0.29) is 55.0 Å². The van der Waals surface area contributed by atoms with Crippen LogP contribution >= 0.6 is 24.8 Å². The number of likely N-dealkylation sites (tertiary alicyclic amines) is 1. The van der Waals surface area contributed by atoms with E-state index in [0.717, 1.165) is 37.2 Å². The molecule has 1 amide bonds. The Bertz CT molecular complexity index is 954. The Kier molecular flexibility index (Phi) is 13.1. The van der Waals surface area contributed by atoms with Gasteiger partial charge in [-0.1, -0.05) is 67.6 Å². The van der Waals surface area contributed by atoms with Crippen LogP contribution in [-0.2, 0) is 21.2 Å². The van der Waals surface area contributed by atoms with Gasteiger partial charge in [-0.05, 0) is 43.4 Å². The SMILES string of the molecule is CCCS(=O)(=O)N(C(=O)Cc1ccccc1)C1CCN(CC[C@H](N)c2ccccc2)CC1.Cl.Cl. The van der Waals surface area contributed by atoms with E-state index in [4.69, 9.17) is 5.73 Å². The molecule has 1 fully saturated rings. The van der Waals surface area contributed by atoms with Crippen LogP contribution in [0.5, 0.6) is 0 Å². The molecule has 34 heavy (non-hydrogen) atoms. The zero-order valence-corrected chi connectivity index (χ0v) is 22.2. The van der Waals surface area contributed by atoms with Gasteiger partial charge in [0.1, 0.15) is 0 Å². The second-order valence-electron chi connectivity index (χ2n) is 8.55. The minimum Gasteiger partial charge on any atom is -0.324 e. The van der Waals surface area contributed by atoms with E-state index in [0.29, 0.717) is 19.3 Å². The lowest BCUT2D eigenvalue weighted by atomic mass is 10.0. The number of carbonyl (C=O) groups is 1. The lowest BCUT2D eigenvalue weighted by molar-refractivity contribution is -0.127. The van der Waals surface area contributed by atoms with Crippen LogP contribution in [0.2, 0.25) is 0 Å². The molecule has 0 aromatic heterocycles. The van der Waals surface area contributed by atoms with Crippen LogP contribution in [0.4, 0.5) is 0 Å². The van der Waals surface area contributed by atoms with Crippen LogP contribution in [0.15, 0.2) is 60.7 Å². The number of halogens is 2. The van der Waals surface area contributed by atoms with Crippen LogP contribution in [0.3, 0.4) is 0 Å². The molecular formula is C25H37Cl2N3O3S. The standard InChI is InChI=1S/C25H35N3O3S.2ClH/c1-2-19-32(30,31)28(25(29)20-21-9-5-3-6-10-21)23-13-16-27(17-14-23)18-15-24(26)22-11-7-4-8-12-22;;/h3-12,23-24H,2,13-20,26H2,1H3;2*1H/t24-;;/m0../s1. The number of carbonyl (C=O) groups excluding carboxylic acids is 1. The number of amides is 1. The smallest absolute Gasteiger partial charge is 0.240 e. The second-order valence-corrected chi connectivity index (χ2v) is 10.5. The van der Waals surface area contributed by atoms with E-state index in [1.54, 1.807) is 0 Å². The first-order chi connectivity index (χ1) is 15.4. The van der Waals surface area contributed by atoms with E-state index in [9.17, 15) is 13.2 Å². The van der Waals surface area contributed by atoms with Gasteiger partial charge in [0.25, 0.3) is 0 Å². The summed E-state index contributed by atoms with van der Waals surface area (Å²) in [5, 5.41) is 0. The molecule has 0 radical (unpaired) electrons. The van der Waals surface area contributed by atoms with Crippen LogP contribution in [0.25, 0.3) is 0 Å². The van der Waals surface area contributed by atoms with Crippen LogP contribution < -0.4 is 5.73 Å². The summed E-state index contributed by atoms with van der Waals surface area (Å²) in [6.45, 7) is 4.23. The predicted molar refractivity (Wildman–Crippen MR) is 143 cm³/mol. The summed E-state index contributed by atoms with van der Waals surface area (Å²) in [6, 6.07) is 19.1. The maximum atomic E-state index is 13.1. The topological polar surface area (TPSA) is 83.7 Å². The molecule has 1 heterocycles. The van der Waals surface area contributed by atoms with Crippen molar-refractivity contribution in [3.8, 4) is 0 Å². The molecule has 1 saturated heterocycles. The molecule has 1 atom stereocenters. The first-order valence-electron chi connectivity index (χ1n) is 11.5. The highest BCUT2D eigenvalue weighted by molar-refractivity contribution is 7.89. The van der Waals surface area contributed by atoms with E-state index in [1.165, 1.54) is 4.31 Å². The van der Waals surface area contributed by atoms with Crippen LogP contribution in [-0.4, -0.2) is 55.0 Å². The predicted octanol–water partition coefficient (Wildman–Crippen LogP) is 4.20. The third-order valence-electron chi connectivity index (χ3n) is 6.08. The zero-order valence-electron chi connectivity index (χ0n) is 19.7. The van der Waals surface area contributed by atoms with Crippen molar-refractivity contribution in [2.75, 3.05) is 25.4 Å². The lowest BCUT2D eigenvalue weighted by Gasteiger charge is -2.38. The van der Waals surface area contributed by atoms with Gasteiger partial charge in [-0.2, -0.15) is 0 Å². The quantitative estimate of drug-likeness (QED) is 0.498. The van der Waals surface area contributed by atoms with Crippen LogP contribution in [0.1, 0.15) is 49.8 Å². The Hall–Kier alpha value is -1.64. The number of rotatable bonds is 10. The van der Waals surface area contributed by atoms with Crippen molar-refractivity contribution < 1.29 is 13.2 Å². The van der Waals surface area contributed by atoms with E-state index < -0.39 is 10.0 Å². The molecule has 0 spiro atoms. The Morgan fingerprint density at radius 2 is 1.59 bits per heavy atom. The highest BCUT2D eigenvalue weighted by Crippen LogP contribution is 2.23. The van der Waals surface area contributed by atoms with Crippen molar-refractivity contribution in [3.05, 3.63) is 71.8 Å². The van der Waals surface area contributed by atoms with E-state index >= 15 is 0 Å². The van der Waals surface area contributed by atoms with Crippen molar-refractivity contribution in [2.45, 2.75) is 51.1 Å². The molecule has 2 aromatic rings. The molecule has 1 aliphatic heterocycles. The van der Waals surface area contributed by atoms with Crippen molar-refractivity contribution in [3.63, 3.8) is 0 Å². The number of hydrogen-bond acceptors (Lipinski definition) is 5.